The van der Waals surface area contributed by atoms with E-state index in [4.69, 9.17) is 5.73 Å². The zero-order valence-corrected chi connectivity index (χ0v) is 12.3. The second kappa shape index (κ2) is 6.68. The van der Waals surface area contributed by atoms with Crippen LogP contribution < -0.4 is 16.4 Å². The van der Waals surface area contributed by atoms with Crippen LogP contribution in [-0.2, 0) is 17.9 Å². The second-order valence-corrected chi connectivity index (χ2v) is 5.91. The van der Waals surface area contributed by atoms with E-state index in [2.05, 4.69) is 22.8 Å². The Labute approximate surface area is 115 Å². The molecule has 1 aromatic rings. The monoisotopic (exact) mass is 263 g/mol. The van der Waals surface area contributed by atoms with Gasteiger partial charge in [0.25, 0.3) is 0 Å². The van der Waals surface area contributed by atoms with Gasteiger partial charge in [0, 0.05) is 13.1 Å². The van der Waals surface area contributed by atoms with Gasteiger partial charge >= 0.3 is 0 Å². The van der Waals surface area contributed by atoms with E-state index in [0.717, 1.165) is 12.1 Å². The predicted octanol–water partition coefficient (Wildman–Crippen LogP) is 1.40. The molecule has 4 heteroatoms. The summed E-state index contributed by atoms with van der Waals surface area (Å²) in [5, 5.41) is 6.00. The molecule has 1 rings (SSSR count). The number of rotatable bonds is 5. The van der Waals surface area contributed by atoms with Crippen LogP contribution in [0.1, 0.15) is 31.9 Å². The van der Waals surface area contributed by atoms with Crippen molar-refractivity contribution in [2.24, 2.45) is 11.1 Å². The molecule has 106 valence electrons. The largest absolute Gasteiger partial charge is 0.351 e. The quantitative estimate of drug-likeness (QED) is 0.752. The van der Waals surface area contributed by atoms with Crippen LogP contribution in [0.4, 0.5) is 0 Å². The van der Waals surface area contributed by atoms with E-state index < -0.39 is 6.04 Å². The number of benzene rings is 1. The van der Waals surface area contributed by atoms with Gasteiger partial charge in [-0.25, -0.2) is 0 Å². The number of nitrogens with one attached hydrogen (secondary N) is 2. The summed E-state index contributed by atoms with van der Waals surface area (Å²) >= 11 is 0. The zero-order valence-electron chi connectivity index (χ0n) is 12.3. The molecule has 4 N–H and O–H groups in total. The lowest BCUT2D eigenvalue weighted by atomic mass is 9.87. The molecule has 0 saturated carbocycles. The lowest BCUT2D eigenvalue weighted by Gasteiger charge is -2.25. The van der Waals surface area contributed by atoms with Gasteiger partial charge in [-0.15, -0.1) is 0 Å². The molecule has 1 unspecified atom stereocenters. The van der Waals surface area contributed by atoms with Gasteiger partial charge in [0.1, 0.15) is 0 Å². The molecule has 0 spiro atoms. The number of carbonyl (C=O) groups excluding carboxylic acids is 1. The fourth-order valence-corrected chi connectivity index (χ4v) is 1.75. The number of hydrogen-bond donors (Lipinski definition) is 3. The van der Waals surface area contributed by atoms with Gasteiger partial charge in [0.2, 0.25) is 5.91 Å². The van der Waals surface area contributed by atoms with Gasteiger partial charge in [-0.05, 0) is 23.6 Å². The average molecular weight is 263 g/mol. The van der Waals surface area contributed by atoms with Crippen LogP contribution >= 0.6 is 0 Å². The molecule has 0 aliphatic rings. The van der Waals surface area contributed by atoms with Crippen molar-refractivity contribution in [1.82, 2.24) is 10.6 Å². The van der Waals surface area contributed by atoms with Crippen LogP contribution in [0.25, 0.3) is 0 Å². The molecule has 1 amide bonds. The van der Waals surface area contributed by atoms with Crippen molar-refractivity contribution >= 4 is 5.91 Å². The first-order valence-corrected chi connectivity index (χ1v) is 6.60. The molecule has 1 aromatic carbocycles. The Morgan fingerprint density at radius 2 is 1.84 bits per heavy atom. The van der Waals surface area contributed by atoms with Crippen molar-refractivity contribution in [2.75, 3.05) is 7.05 Å². The minimum absolute atomic E-state index is 0.105. The van der Waals surface area contributed by atoms with Crippen LogP contribution in [0.2, 0.25) is 0 Å². The van der Waals surface area contributed by atoms with Crippen LogP contribution in [-0.4, -0.2) is 19.0 Å². The van der Waals surface area contributed by atoms with E-state index in [1.807, 2.05) is 40.0 Å². The lowest BCUT2D eigenvalue weighted by Crippen LogP contribution is -2.48. The predicted molar refractivity (Wildman–Crippen MR) is 78.5 cm³/mol. The van der Waals surface area contributed by atoms with Crippen molar-refractivity contribution < 1.29 is 4.79 Å². The third-order valence-electron chi connectivity index (χ3n) is 3.05. The summed E-state index contributed by atoms with van der Waals surface area (Å²) in [7, 11) is 1.91. The van der Waals surface area contributed by atoms with Crippen molar-refractivity contribution in [3.05, 3.63) is 35.4 Å². The topological polar surface area (TPSA) is 67.1 Å². The minimum Gasteiger partial charge on any atom is -0.351 e. The van der Waals surface area contributed by atoms with E-state index in [0.29, 0.717) is 6.54 Å². The molecular weight excluding hydrogens is 238 g/mol. The molecule has 0 radical (unpaired) electrons. The van der Waals surface area contributed by atoms with Gasteiger partial charge < -0.3 is 16.4 Å². The van der Waals surface area contributed by atoms with E-state index in [1.54, 1.807) is 0 Å². The standard InChI is InChI=1S/C15H25N3O/c1-15(2,3)13(16)14(19)18-10-12-7-5-6-11(8-12)9-17-4/h5-8,13,17H,9-10,16H2,1-4H3,(H,18,19). The van der Waals surface area contributed by atoms with E-state index >= 15 is 0 Å². The first kappa shape index (κ1) is 15.7. The molecule has 19 heavy (non-hydrogen) atoms. The van der Waals surface area contributed by atoms with Gasteiger partial charge in [-0.1, -0.05) is 45.0 Å². The summed E-state index contributed by atoms with van der Waals surface area (Å²) in [4.78, 5) is 11.9. The highest BCUT2D eigenvalue weighted by Crippen LogP contribution is 2.17. The molecule has 0 bridgehead atoms. The highest BCUT2D eigenvalue weighted by molar-refractivity contribution is 5.82. The fourth-order valence-electron chi connectivity index (χ4n) is 1.75. The summed E-state index contributed by atoms with van der Waals surface area (Å²) in [5.41, 5.74) is 7.98. The van der Waals surface area contributed by atoms with Crippen molar-refractivity contribution in [1.29, 1.82) is 0 Å². The third kappa shape index (κ3) is 5.01. The highest BCUT2D eigenvalue weighted by Gasteiger charge is 2.26. The van der Waals surface area contributed by atoms with Crippen molar-refractivity contribution in [3.63, 3.8) is 0 Å². The SMILES string of the molecule is CNCc1cccc(CNC(=O)C(N)C(C)(C)C)c1. The maximum absolute atomic E-state index is 11.9. The Bertz CT molecular complexity index is 424. The van der Waals surface area contributed by atoms with Crippen molar-refractivity contribution in [2.45, 2.75) is 39.9 Å². The minimum atomic E-state index is -0.493. The Balaban J connectivity index is 2.57. The third-order valence-corrected chi connectivity index (χ3v) is 3.05. The molecule has 0 saturated heterocycles. The summed E-state index contributed by atoms with van der Waals surface area (Å²) in [5.74, 6) is -0.105. The Morgan fingerprint density at radius 3 is 2.37 bits per heavy atom. The number of carbonyl (C=O) groups is 1. The second-order valence-electron chi connectivity index (χ2n) is 5.91. The summed E-state index contributed by atoms with van der Waals surface area (Å²) in [6.07, 6.45) is 0. The Kier molecular flexibility index (Phi) is 5.51. The normalized spacial score (nSPS) is 13.1. The summed E-state index contributed by atoms with van der Waals surface area (Å²) in [6.45, 7) is 7.23. The van der Waals surface area contributed by atoms with Gasteiger partial charge in [0.05, 0.1) is 6.04 Å². The maximum Gasteiger partial charge on any atom is 0.237 e. The first-order valence-electron chi connectivity index (χ1n) is 6.60. The molecular formula is C15H25N3O. The Morgan fingerprint density at radius 1 is 1.26 bits per heavy atom. The van der Waals surface area contributed by atoms with Crippen LogP contribution in [0, 0.1) is 5.41 Å². The molecule has 4 nitrogen and oxygen atoms in total. The summed E-state index contributed by atoms with van der Waals surface area (Å²) in [6, 6.07) is 7.65. The summed E-state index contributed by atoms with van der Waals surface area (Å²) < 4.78 is 0. The van der Waals surface area contributed by atoms with Gasteiger partial charge in [0.15, 0.2) is 0 Å². The Hall–Kier alpha value is -1.39. The smallest absolute Gasteiger partial charge is 0.237 e. The molecule has 0 heterocycles. The first-order chi connectivity index (χ1) is 8.84. The molecule has 0 aromatic heterocycles. The van der Waals surface area contributed by atoms with Crippen molar-refractivity contribution in [3.8, 4) is 0 Å². The van der Waals surface area contributed by atoms with Gasteiger partial charge in [-0.3, -0.25) is 4.79 Å². The van der Waals surface area contributed by atoms with Gasteiger partial charge in [-0.2, -0.15) is 0 Å². The zero-order chi connectivity index (χ0) is 14.5. The number of amides is 1. The lowest BCUT2D eigenvalue weighted by molar-refractivity contribution is -0.124. The van der Waals surface area contributed by atoms with E-state index in [-0.39, 0.29) is 11.3 Å². The molecule has 1 atom stereocenters. The molecule has 0 aliphatic heterocycles. The maximum atomic E-state index is 11.9. The average Bonchev–Trinajstić information content (AvgIpc) is 2.35. The number of nitrogens with two attached hydrogens (primary N) is 1. The van der Waals surface area contributed by atoms with Crippen LogP contribution in [0.5, 0.6) is 0 Å². The van der Waals surface area contributed by atoms with Crippen LogP contribution in [0.3, 0.4) is 0 Å². The number of hydrogen-bond acceptors (Lipinski definition) is 3. The van der Waals surface area contributed by atoms with Crippen LogP contribution in [0.15, 0.2) is 24.3 Å². The molecule has 0 fully saturated rings. The van der Waals surface area contributed by atoms with E-state index in [1.165, 1.54) is 5.56 Å². The highest BCUT2D eigenvalue weighted by atomic mass is 16.2. The molecule has 0 aliphatic carbocycles. The van der Waals surface area contributed by atoms with E-state index in [9.17, 15) is 4.79 Å². The fraction of sp³-hybridized carbons (Fsp3) is 0.533.